The molecule has 0 saturated heterocycles. The van der Waals surface area contributed by atoms with Crippen LogP contribution in [0.4, 0.5) is 5.69 Å². The molecule has 3 rings (SSSR count). The Bertz CT molecular complexity index is 703. The van der Waals surface area contributed by atoms with E-state index < -0.39 is 0 Å². The molecule has 0 bridgehead atoms. The molecule has 3 nitrogen and oxygen atoms in total. The fraction of sp³-hybridized carbons (Fsp3) is 0.0714. The maximum atomic E-state index is 6.13. The Kier molecular flexibility index (Phi) is 2.68. The summed E-state index contributed by atoms with van der Waals surface area (Å²) in [5, 5.41) is 3.82. The van der Waals surface area contributed by atoms with E-state index in [1.165, 1.54) is 0 Å². The summed E-state index contributed by atoms with van der Waals surface area (Å²) in [5.41, 5.74) is 3.82. The molecule has 0 unspecified atom stereocenters. The van der Waals surface area contributed by atoms with Crippen LogP contribution in [0.1, 0.15) is 0 Å². The topological polar surface area (TPSA) is 40.7 Å². The molecule has 3 aromatic rings. The zero-order valence-electron chi connectivity index (χ0n) is 9.87. The molecule has 0 amide bonds. The van der Waals surface area contributed by atoms with Crippen LogP contribution in [0.5, 0.6) is 0 Å². The first-order valence-corrected chi connectivity index (χ1v) is 6.09. The van der Waals surface area contributed by atoms with Crippen LogP contribution < -0.4 is 5.32 Å². The molecule has 90 valence electrons. The summed E-state index contributed by atoms with van der Waals surface area (Å²) in [7, 11) is 1.90. The number of benzene rings is 2. The van der Waals surface area contributed by atoms with Crippen LogP contribution in [-0.4, -0.2) is 17.0 Å². The second-order valence-electron chi connectivity index (χ2n) is 4.02. The quantitative estimate of drug-likeness (QED) is 0.730. The van der Waals surface area contributed by atoms with E-state index in [2.05, 4.69) is 15.3 Å². The highest BCUT2D eigenvalue weighted by Gasteiger charge is 2.10. The number of aromatic amines is 1. The Hall–Kier alpha value is -2.00. The van der Waals surface area contributed by atoms with Gasteiger partial charge in [0.1, 0.15) is 11.3 Å². The minimum atomic E-state index is 0.664. The molecule has 0 atom stereocenters. The summed E-state index contributed by atoms with van der Waals surface area (Å²) in [6.07, 6.45) is 0. The number of halogens is 1. The van der Waals surface area contributed by atoms with Crippen LogP contribution in [0.15, 0.2) is 42.5 Å². The maximum absolute atomic E-state index is 6.13. The average Bonchev–Trinajstić information content (AvgIpc) is 2.84. The minimum Gasteiger partial charge on any atom is -0.388 e. The summed E-state index contributed by atoms with van der Waals surface area (Å²) in [6.45, 7) is 0. The van der Waals surface area contributed by atoms with Crippen molar-refractivity contribution in [3.63, 3.8) is 0 Å². The van der Waals surface area contributed by atoms with Crippen LogP contribution in [0.3, 0.4) is 0 Å². The van der Waals surface area contributed by atoms with Crippen LogP contribution in [-0.2, 0) is 0 Å². The van der Waals surface area contributed by atoms with Gasteiger partial charge in [0.2, 0.25) is 0 Å². The Morgan fingerprint density at radius 2 is 1.94 bits per heavy atom. The fourth-order valence-corrected chi connectivity index (χ4v) is 2.25. The number of anilines is 1. The number of rotatable bonds is 2. The van der Waals surface area contributed by atoms with Crippen molar-refractivity contribution in [2.24, 2.45) is 0 Å². The second kappa shape index (κ2) is 4.35. The van der Waals surface area contributed by atoms with E-state index in [9.17, 15) is 0 Å². The van der Waals surface area contributed by atoms with Crippen molar-refractivity contribution in [3.05, 3.63) is 47.5 Å². The number of nitrogens with zero attached hydrogens (tertiary/aromatic N) is 1. The second-order valence-corrected chi connectivity index (χ2v) is 4.42. The maximum Gasteiger partial charge on any atom is 0.140 e. The summed E-state index contributed by atoms with van der Waals surface area (Å²) in [6, 6.07) is 13.8. The highest BCUT2D eigenvalue weighted by atomic mass is 35.5. The minimum absolute atomic E-state index is 0.664. The van der Waals surface area contributed by atoms with Crippen molar-refractivity contribution in [2.75, 3.05) is 12.4 Å². The first-order chi connectivity index (χ1) is 8.79. The number of H-pyrrole nitrogens is 1. The largest absolute Gasteiger partial charge is 0.388 e. The van der Waals surface area contributed by atoms with E-state index in [1.807, 2.05) is 49.5 Å². The molecule has 0 aliphatic carbocycles. The van der Waals surface area contributed by atoms with Crippen LogP contribution in [0, 0.1) is 0 Å². The van der Waals surface area contributed by atoms with Crippen LogP contribution in [0.2, 0.25) is 5.02 Å². The summed E-state index contributed by atoms with van der Waals surface area (Å²) < 4.78 is 0. The number of para-hydroxylation sites is 2. The molecule has 2 aromatic carbocycles. The van der Waals surface area contributed by atoms with Gasteiger partial charge in [0.25, 0.3) is 0 Å². The number of nitrogens with one attached hydrogen (secondary N) is 2. The van der Waals surface area contributed by atoms with Gasteiger partial charge >= 0.3 is 0 Å². The van der Waals surface area contributed by atoms with Gasteiger partial charge in [0.05, 0.1) is 10.5 Å². The number of hydrogen-bond acceptors (Lipinski definition) is 2. The Morgan fingerprint density at radius 1 is 1.11 bits per heavy atom. The first kappa shape index (κ1) is 11.1. The highest BCUT2D eigenvalue weighted by molar-refractivity contribution is 6.35. The predicted octanol–water partition coefficient (Wildman–Crippen LogP) is 3.93. The van der Waals surface area contributed by atoms with E-state index in [0.717, 1.165) is 28.1 Å². The molecule has 2 N–H and O–H groups in total. The summed E-state index contributed by atoms with van der Waals surface area (Å²) in [5.74, 6) is 0.822. The van der Waals surface area contributed by atoms with Crippen molar-refractivity contribution in [1.82, 2.24) is 9.97 Å². The van der Waals surface area contributed by atoms with Gasteiger partial charge in [-0.3, -0.25) is 0 Å². The van der Waals surface area contributed by atoms with Gasteiger partial charge < -0.3 is 10.3 Å². The molecule has 0 saturated carbocycles. The highest BCUT2D eigenvalue weighted by Crippen LogP contribution is 2.29. The smallest absolute Gasteiger partial charge is 0.140 e. The third-order valence-corrected chi connectivity index (χ3v) is 3.22. The van der Waals surface area contributed by atoms with Gasteiger partial charge in [-0.1, -0.05) is 29.8 Å². The van der Waals surface area contributed by atoms with Gasteiger partial charge in [-0.15, -0.1) is 0 Å². The molecule has 0 radical (unpaired) electrons. The van der Waals surface area contributed by atoms with Gasteiger partial charge in [0.15, 0.2) is 0 Å². The summed E-state index contributed by atoms with van der Waals surface area (Å²) >= 11 is 6.13. The van der Waals surface area contributed by atoms with E-state index >= 15 is 0 Å². The normalized spacial score (nSPS) is 10.8. The van der Waals surface area contributed by atoms with E-state index in [-0.39, 0.29) is 0 Å². The first-order valence-electron chi connectivity index (χ1n) is 5.71. The molecular formula is C14H12ClN3. The zero-order valence-corrected chi connectivity index (χ0v) is 10.6. The van der Waals surface area contributed by atoms with E-state index in [1.54, 1.807) is 0 Å². The lowest BCUT2D eigenvalue weighted by Gasteiger charge is -2.05. The lowest BCUT2D eigenvalue weighted by molar-refractivity contribution is 1.33. The average molecular weight is 258 g/mol. The lowest BCUT2D eigenvalue weighted by Crippen LogP contribution is -1.92. The molecule has 0 aliphatic rings. The molecule has 0 spiro atoms. The van der Waals surface area contributed by atoms with Crippen molar-refractivity contribution in [1.29, 1.82) is 0 Å². The molecule has 1 heterocycles. The van der Waals surface area contributed by atoms with Crippen molar-refractivity contribution >= 4 is 28.3 Å². The van der Waals surface area contributed by atoms with Crippen molar-refractivity contribution < 1.29 is 0 Å². The third-order valence-electron chi connectivity index (χ3n) is 2.91. The fourth-order valence-electron chi connectivity index (χ4n) is 2.03. The van der Waals surface area contributed by atoms with Crippen molar-refractivity contribution in [3.8, 4) is 11.4 Å². The third kappa shape index (κ3) is 1.73. The van der Waals surface area contributed by atoms with Gasteiger partial charge in [-0.25, -0.2) is 4.98 Å². The van der Waals surface area contributed by atoms with Gasteiger partial charge in [0, 0.05) is 18.3 Å². The molecule has 1 aromatic heterocycles. The summed E-state index contributed by atoms with van der Waals surface area (Å²) in [4.78, 5) is 7.86. The predicted molar refractivity (Wildman–Crippen MR) is 76.1 cm³/mol. The zero-order chi connectivity index (χ0) is 12.5. The Labute approximate surface area is 110 Å². The van der Waals surface area contributed by atoms with E-state index in [4.69, 9.17) is 11.6 Å². The SMILES string of the molecule is CNc1ccccc1-c1nc2c(Cl)cccc2[nH]1. The molecule has 18 heavy (non-hydrogen) atoms. The molecule has 4 heteroatoms. The monoisotopic (exact) mass is 257 g/mol. The van der Waals surface area contributed by atoms with Crippen LogP contribution >= 0.6 is 11.6 Å². The van der Waals surface area contributed by atoms with Crippen molar-refractivity contribution in [2.45, 2.75) is 0 Å². The lowest BCUT2D eigenvalue weighted by atomic mass is 10.1. The Balaban J connectivity index is 2.23. The number of imidazole rings is 1. The van der Waals surface area contributed by atoms with Gasteiger partial charge in [-0.05, 0) is 24.3 Å². The van der Waals surface area contributed by atoms with Crippen LogP contribution in [0.25, 0.3) is 22.4 Å². The standard InChI is InChI=1S/C14H12ClN3/c1-16-11-7-3-2-5-9(11)14-17-12-8-4-6-10(15)13(12)18-14/h2-8,16H,1H3,(H,17,18). The van der Waals surface area contributed by atoms with E-state index in [0.29, 0.717) is 5.02 Å². The number of hydrogen-bond donors (Lipinski definition) is 2. The molecule has 0 aliphatic heterocycles. The molecule has 0 fully saturated rings. The van der Waals surface area contributed by atoms with Gasteiger partial charge in [-0.2, -0.15) is 0 Å². The number of fused-ring (bicyclic) bond motifs is 1. The molecular weight excluding hydrogens is 246 g/mol. The Morgan fingerprint density at radius 3 is 2.72 bits per heavy atom. The number of aromatic nitrogens is 2.